The monoisotopic (exact) mass is 227 g/mol. The van der Waals surface area contributed by atoms with Crippen molar-refractivity contribution < 1.29 is 18.7 Å². The number of anilines is 1. The minimum atomic E-state index is -1.37. The first-order valence-electron chi connectivity index (χ1n) is 4.63. The molecule has 1 aromatic carbocycles. The Labute approximate surface area is 91.4 Å². The summed E-state index contributed by atoms with van der Waals surface area (Å²) in [7, 11) is 0. The van der Waals surface area contributed by atoms with E-state index < -0.39 is 23.2 Å². The molecule has 0 aliphatic rings. The number of hydrogen-bond acceptors (Lipinski definition) is 2. The van der Waals surface area contributed by atoms with Gasteiger partial charge >= 0.3 is 5.97 Å². The van der Waals surface area contributed by atoms with Crippen LogP contribution < -0.4 is 5.32 Å². The molecular formula is C11H11F2NO2. The van der Waals surface area contributed by atoms with Crippen molar-refractivity contribution in [3.05, 3.63) is 42.0 Å². The van der Waals surface area contributed by atoms with Gasteiger partial charge in [-0.1, -0.05) is 6.08 Å². The molecule has 0 heterocycles. The van der Waals surface area contributed by atoms with Gasteiger partial charge in [0.25, 0.3) is 0 Å². The third-order valence-corrected chi connectivity index (χ3v) is 1.94. The van der Waals surface area contributed by atoms with Crippen LogP contribution in [-0.2, 0) is 0 Å². The van der Waals surface area contributed by atoms with Gasteiger partial charge in [0.1, 0.15) is 17.3 Å². The Bertz CT molecular complexity index is 395. The SMILES string of the molecule is C=CCCNc1c(F)cc(C(=O)O)cc1F. The fourth-order valence-electron chi connectivity index (χ4n) is 1.16. The van der Waals surface area contributed by atoms with Crippen LogP contribution in [0.25, 0.3) is 0 Å². The summed E-state index contributed by atoms with van der Waals surface area (Å²) in [5.74, 6) is -3.20. The van der Waals surface area contributed by atoms with Crippen LogP contribution in [0.3, 0.4) is 0 Å². The molecule has 16 heavy (non-hydrogen) atoms. The number of aromatic carboxylic acids is 1. The fourth-order valence-corrected chi connectivity index (χ4v) is 1.16. The molecule has 0 saturated carbocycles. The number of halogens is 2. The van der Waals surface area contributed by atoms with Crippen molar-refractivity contribution in [2.24, 2.45) is 0 Å². The van der Waals surface area contributed by atoms with Crippen LogP contribution in [0.1, 0.15) is 16.8 Å². The molecule has 0 bridgehead atoms. The molecule has 0 radical (unpaired) electrons. The van der Waals surface area contributed by atoms with Crippen LogP contribution in [0, 0.1) is 11.6 Å². The van der Waals surface area contributed by atoms with Crippen LogP contribution in [0.4, 0.5) is 14.5 Å². The molecular weight excluding hydrogens is 216 g/mol. The van der Waals surface area contributed by atoms with E-state index in [0.717, 1.165) is 12.1 Å². The second-order valence-electron chi connectivity index (χ2n) is 3.12. The van der Waals surface area contributed by atoms with E-state index in [0.29, 0.717) is 13.0 Å². The minimum absolute atomic E-state index is 0.313. The van der Waals surface area contributed by atoms with Crippen molar-refractivity contribution in [1.82, 2.24) is 0 Å². The number of carboxylic acids is 1. The van der Waals surface area contributed by atoms with Crippen molar-refractivity contribution in [2.75, 3.05) is 11.9 Å². The fraction of sp³-hybridized carbons (Fsp3) is 0.182. The molecule has 0 saturated heterocycles. The largest absolute Gasteiger partial charge is 0.478 e. The summed E-state index contributed by atoms with van der Waals surface area (Å²) >= 11 is 0. The summed E-state index contributed by atoms with van der Waals surface area (Å²) in [5, 5.41) is 11.1. The first kappa shape index (κ1) is 12.2. The first-order chi connectivity index (χ1) is 7.56. The molecule has 0 aromatic heterocycles. The quantitative estimate of drug-likeness (QED) is 0.600. The number of nitrogens with one attached hydrogen (secondary N) is 1. The molecule has 1 aromatic rings. The Morgan fingerprint density at radius 3 is 2.44 bits per heavy atom. The Kier molecular flexibility index (Phi) is 3.99. The molecule has 0 fully saturated rings. The lowest BCUT2D eigenvalue weighted by Gasteiger charge is -2.08. The Morgan fingerprint density at radius 1 is 1.44 bits per heavy atom. The van der Waals surface area contributed by atoms with Gasteiger partial charge in [-0.05, 0) is 18.6 Å². The van der Waals surface area contributed by atoms with Crippen LogP contribution in [-0.4, -0.2) is 17.6 Å². The third-order valence-electron chi connectivity index (χ3n) is 1.94. The van der Waals surface area contributed by atoms with E-state index in [4.69, 9.17) is 5.11 Å². The molecule has 0 atom stereocenters. The van der Waals surface area contributed by atoms with Gasteiger partial charge in [0.05, 0.1) is 5.56 Å². The van der Waals surface area contributed by atoms with Crippen molar-refractivity contribution >= 4 is 11.7 Å². The van der Waals surface area contributed by atoms with E-state index in [1.807, 2.05) is 0 Å². The van der Waals surface area contributed by atoms with Gasteiger partial charge in [-0.3, -0.25) is 0 Å². The average Bonchev–Trinajstić information content (AvgIpc) is 2.21. The van der Waals surface area contributed by atoms with E-state index in [1.165, 1.54) is 0 Å². The summed E-state index contributed by atoms with van der Waals surface area (Å²) < 4.78 is 26.6. The second-order valence-corrected chi connectivity index (χ2v) is 3.12. The molecule has 3 nitrogen and oxygen atoms in total. The summed E-state index contributed by atoms with van der Waals surface area (Å²) in [6.07, 6.45) is 2.16. The summed E-state index contributed by atoms with van der Waals surface area (Å²) in [5.41, 5.74) is -0.726. The maximum atomic E-state index is 13.3. The first-order valence-corrected chi connectivity index (χ1v) is 4.63. The zero-order valence-electron chi connectivity index (χ0n) is 8.46. The molecule has 0 aliphatic carbocycles. The maximum Gasteiger partial charge on any atom is 0.335 e. The Balaban J connectivity index is 2.93. The van der Waals surface area contributed by atoms with Crippen LogP contribution >= 0.6 is 0 Å². The van der Waals surface area contributed by atoms with Gasteiger partial charge in [0, 0.05) is 6.54 Å². The smallest absolute Gasteiger partial charge is 0.335 e. The van der Waals surface area contributed by atoms with Crippen molar-refractivity contribution in [3.8, 4) is 0 Å². The molecule has 5 heteroatoms. The summed E-state index contributed by atoms with van der Waals surface area (Å²) in [4.78, 5) is 10.5. The number of carboxylic acid groups (broad SMARTS) is 1. The number of benzene rings is 1. The van der Waals surface area contributed by atoms with Gasteiger partial charge in [0.15, 0.2) is 0 Å². The topological polar surface area (TPSA) is 49.3 Å². The standard InChI is InChI=1S/C11H11F2NO2/c1-2-3-4-14-10-8(12)5-7(11(15)16)6-9(10)13/h2,5-6,14H,1,3-4H2,(H,15,16). The predicted molar refractivity (Wildman–Crippen MR) is 56.6 cm³/mol. The number of rotatable bonds is 5. The average molecular weight is 227 g/mol. The highest BCUT2D eigenvalue weighted by Crippen LogP contribution is 2.20. The van der Waals surface area contributed by atoms with Crippen molar-refractivity contribution in [2.45, 2.75) is 6.42 Å². The van der Waals surface area contributed by atoms with E-state index in [9.17, 15) is 13.6 Å². The molecule has 0 amide bonds. The lowest BCUT2D eigenvalue weighted by molar-refractivity contribution is 0.0696. The Hall–Kier alpha value is -1.91. The molecule has 0 spiro atoms. The normalized spacial score (nSPS) is 9.88. The highest BCUT2D eigenvalue weighted by Gasteiger charge is 2.13. The number of hydrogen-bond donors (Lipinski definition) is 2. The van der Waals surface area contributed by atoms with Gasteiger partial charge in [-0.15, -0.1) is 6.58 Å². The maximum absolute atomic E-state index is 13.3. The molecule has 2 N–H and O–H groups in total. The highest BCUT2D eigenvalue weighted by molar-refractivity contribution is 5.88. The molecule has 0 aliphatic heterocycles. The minimum Gasteiger partial charge on any atom is -0.478 e. The number of carbonyl (C=O) groups is 1. The lowest BCUT2D eigenvalue weighted by atomic mass is 10.2. The van der Waals surface area contributed by atoms with Gasteiger partial charge in [0.2, 0.25) is 0 Å². The van der Waals surface area contributed by atoms with Crippen molar-refractivity contribution in [1.29, 1.82) is 0 Å². The zero-order chi connectivity index (χ0) is 12.1. The molecule has 86 valence electrons. The molecule has 1 rings (SSSR count). The van der Waals surface area contributed by atoms with E-state index in [1.54, 1.807) is 6.08 Å². The summed E-state index contributed by atoms with van der Waals surface area (Å²) in [6.45, 7) is 3.81. The second kappa shape index (κ2) is 5.25. The lowest BCUT2D eigenvalue weighted by Crippen LogP contribution is -2.07. The van der Waals surface area contributed by atoms with Crippen LogP contribution in [0.5, 0.6) is 0 Å². The summed E-state index contributed by atoms with van der Waals surface area (Å²) in [6, 6.07) is 1.56. The Morgan fingerprint density at radius 2 is 2.00 bits per heavy atom. The van der Waals surface area contributed by atoms with Gasteiger partial charge < -0.3 is 10.4 Å². The van der Waals surface area contributed by atoms with Crippen LogP contribution in [0.15, 0.2) is 24.8 Å². The zero-order valence-corrected chi connectivity index (χ0v) is 8.46. The van der Waals surface area contributed by atoms with Gasteiger partial charge in [-0.2, -0.15) is 0 Å². The van der Waals surface area contributed by atoms with E-state index in [2.05, 4.69) is 11.9 Å². The van der Waals surface area contributed by atoms with E-state index in [-0.39, 0.29) is 5.69 Å². The highest BCUT2D eigenvalue weighted by atomic mass is 19.1. The molecule has 0 unspecified atom stereocenters. The van der Waals surface area contributed by atoms with Crippen molar-refractivity contribution in [3.63, 3.8) is 0 Å². The van der Waals surface area contributed by atoms with Gasteiger partial charge in [-0.25, -0.2) is 13.6 Å². The third kappa shape index (κ3) is 2.79. The predicted octanol–water partition coefficient (Wildman–Crippen LogP) is 2.65. The van der Waals surface area contributed by atoms with E-state index >= 15 is 0 Å². The van der Waals surface area contributed by atoms with Crippen LogP contribution in [0.2, 0.25) is 0 Å².